The Labute approximate surface area is 105 Å². The van der Waals surface area contributed by atoms with Crippen LogP contribution in [0.2, 0.25) is 0 Å². The van der Waals surface area contributed by atoms with E-state index < -0.39 is 12.0 Å². The van der Waals surface area contributed by atoms with Gasteiger partial charge >= 0.3 is 12.0 Å². The molecule has 0 aliphatic carbocycles. The molecule has 0 bridgehead atoms. The summed E-state index contributed by atoms with van der Waals surface area (Å²) in [6.07, 6.45) is 2.50. The molecule has 0 aromatic rings. The Morgan fingerprint density at radius 1 is 1.41 bits per heavy atom. The molecule has 2 aliphatic rings. The van der Waals surface area contributed by atoms with Crippen molar-refractivity contribution in [1.29, 1.82) is 0 Å². The molecule has 2 fully saturated rings. The van der Waals surface area contributed by atoms with E-state index in [4.69, 9.17) is 5.11 Å². The van der Waals surface area contributed by atoms with Gasteiger partial charge in [0.15, 0.2) is 0 Å². The Morgan fingerprint density at radius 3 is 2.88 bits per heavy atom. The van der Waals surface area contributed by atoms with Crippen LogP contribution in [0.25, 0.3) is 0 Å². The Bertz CT molecular complexity index is 305. The highest BCUT2D eigenvalue weighted by Crippen LogP contribution is 2.23. The quantitative estimate of drug-likeness (QED) is 0.792. The van der Waals surface area contributed by atoms with Crippen molar-refractivity contribution in [3.8, 4) is 0 Å². The number of hydrogen-bond donors (Lipinski definition) is 2. The summed E-state index contributed by atoms with van der Waals surface area (Å²) in [5.41, 5.74) is 0. The third kappa shape index (κ3) is 3.06. The van der Waals surface area contributed by atoms with Crippen LogP contribution in [0.3, 0.4) is 0 Å². The van der Waals surface area contributed by atoms with Gasteiger partial charge in [-0.15, -0.1) is 0 Å². The standard InChI is InChI=1S/C11H18N2O3S/c14-10(15)9-2-1-4-13(9)11(16)12-6-8-3-5-17-7-8/h8-9H,1-7H2,(H,12,16)(H,14,15). The molecule has 0 saturated carbocycles. The van der Waals surface area contributed by atoms with E-state index in [1.54, 1.807) is 0 Å². The summed E-state index contributed by atoms with van der Waals surface area (Å²) in [6, 6.07) is -0.847. The zero-order valence-corrected chi connectivity index (χ0v) is 10.5. The second-order valence-electron chi connectivity index (χ2n) is 4.61. The highest BCUT2D eigenvalue weighted by Gasteiger charge is 2.34. The summed E-state index contributed by atoms with van der Waals surface area (Å²) in [6.45, 7) is 1.23. The summed E-state index contributed by atoms with van der Waals surface area (Å²) in [4.78, 5) is 24.3. The van der Waals surface area contributed by atoms with Gasteiger partial charge in [0.2, 0.25) is 0 Å². The lowest BCUT2D eigenvalue weighted by Crippen LogP contribution is -2.47. The predicted molar refractivity (Wildman–Crippen MR) is 66.2 cm³/mol. The van der Waals surface area contributed by atoms with Gasteiger partial charge in [0, 0.05) is 13.1 Å². The minimum Gasteiger partial charge on any atom is -0.480 e. The summed E-state index contributed by atoms with van der Waals surface area (Å²) in [7, 11) is 0. The van der Waals surface area contributed by atoms with Crippen molar-refractivity contribution in [3.05, 3.63) is 0 Å². The SMILES string of the molecule is O=C(O)C1CCCN1C(=O)NCC1CCSC1. The maximum absolute atomic E-state index is 11.9. The van der Waals surface area contributed by atoms with E-state index >= 15 is 0 Å². The third-order valence-electron chi connectivity index (χ3n) is 3.36. The maximum Gasteiger partial charge on any atom is 0.326 e. The van der Waals surface area contributed by atoms with Gasteiger partial charge in [-0.25, -0.2) is 9.59 Å². The molecule has 0 aromatic heterocycles. The molecule has 0 radical (unpaired) electrons. The molecule has 2 atom stereocenters. The average Bonchev–Trinajstić information content (AvgIpc) is 2.96. The van der Waals surface area contributed by atoms with Crippen LogP contribution in [0.15, 0.2) is 0 Å². The largest absolute Gasteiger partial charge is 0.480 e. The minimum atomic E-state index is -0.894. The number of nitrogens with one attached hydrogen (secondary N) is 1. The lowest BCUT2D eigenvalue weighted by atomic mass is 10.1. The first-order valence-corrected chi connectivity index (χ1v) is 7.19. The highest BCUT2D eigenvalue weighted by molar-refractivity contribution is 7.99. The first-order chi connectivity index (χ1) is 8.18. The van der Waals surface area contributed by atoms with Crippen LogP contribution in [0.4, 0.5) is 4.79 Å². The Morgan fingerprint density at radius 2 is 2.24 bits per heavy atom. The molecule has 96 valence electrons. The number of aliphatic carboxylic acids is 1. The maximum atomic E-state index is 11.9. The molecule has 2 unspecified atom stereocenters. The van der Waals surface area contributed by atoms with Crippen LogP contribution in [0, 0.1) is 5.92 Å². The molecule has 2 saturated heterocycles. The number of urea groups is 1. The van der Waals surface area contributed by atoms with Gasteiger partial charge in [0.25, 0.3) is 0 Å². The highest BCUT2D eigenvalue weighted by atomic mass is 32.2. The average molecular weight is 258 g/mol. The molecule has 2 amide bonds. The number of likely N-dealkylation sites (tertiary alicyclic amines) is 1. The lowest BCUT2D eigenvalue weighted by molar-refractivity contribution is -0.141. The smallest absolute Gasteiger partial charge is 0.326 e. The van der Waals surface area contributed by atoms with E-state index in [1.165, 1.54) is 10.7 Å². The van der Waals surface area contributed by atoms with Crippen LogP contribution >= 0.6 is 11.8 Å². The minimum absolute atomic E-state index is 0.216. The van der Waals surface area contributed by atoms with Crippen LogP contribution in [-0.4, -0.2) is 52.6 Å². The number of carboxylic acids is 1. The Kier molecular flexibility index (Phi) is 4.15. The molecule has 2 N–H and O–H groups in total. The van der Waals surface area contributed by atoms with E-state index in [2.05, 4.69) is 5.32 Å². The van der Waals surface area contributed by atoms with Gasteiger partial charge < -0.3 is 15.3 Å². The molecule has 0 aromatic carbocycles. The second-order valence-corrected chi connectivity index (χ2v) is 5.76. The van der Waals surface area contributed by atoms with Crippen LogP contribution in [0.5, 0.6) is 0 Å². The van der Waals surface area contributed by atoms with Crippen molar-refractivity contribution in [2.75, 3.05) is 24.6 Å². The van der Waals surface area contributed by atoms with Crippen molar-refractivity contribution >= 4 is 23.8 Å². The molecule has 6 heteroatoms. The zero-order chi connectivity index (χ0) is 12.3. The number of rotatable bonds is 3. The van der Waals surface area contributed by atoms with E-state index in [0.29, 0.717) is 25.4 Å². The van der Waals surface area contributed by atoms with Gasteiger partial charge in [0.05, 0.1) is 0 Å². The Balaban J connectivity index is 1.80. The topological polar surface area (TPSA) is 69.6 Å². The number of carbonyl (C=O) groups is 2. The van der Waals surface area contributed by atoms with Crippen molar-refractivity contribution < 1.29 is 14.7 Å². The number of amides is 2. The third-order valence-corrected chi connectivity index (χ3v) is 4.60. The van der Waals surface area contributed by atoms with E-state index in [1.807, 2.05) is 11.8 Å². The van der Waals surface area contributed by atoms with Crippen LogP contribution in [0.1, 0.15) is 19.3 Å². The molecule has 17 heavy (non-hydrogen) atoms. The summed E-state index contributed by atoms with van der Waals surface area (Å²) >= 11 is 1.91. The fraction of sp³-hybridized carbons (Fsp3) is 0.818. The van der Waals surface area contributed by atoms with Gasteiger partial charge in [-0.05, 0) is 36.7 Å². The fourth-order valence-corrected chi connectivity index (χ4v) is 3.63. The number of nitrogens with zero attached hydrogens (tertiary/aromatic N) is 1. The van der Waals surface area contributed by atoms with E-state index in [0.717, 1.165) is 18.6 Å². The van der Waals surface area contributed by atoms with Gasteiger partial charge in [-0.3, -0.25) is 0 Å². The van der Waals surface area contributed by atoms with Gasteiger partial charge in [-0.2, -0.15) is 11.8 Å². The van der Waals surface area contributed by atoms with Crippen molar-refractivity contribution in [1.82, 2.24) is 10.2 Å². The van der Waals surface area contributed by atoms with Crippen LogP contribution in [-0.2, 0) is 4.79 Å². The zero-order valence-electron chi connectivity index (χ0n) is 9.72. The lowest BCUT2D eigenvalue weighted by Gasteiger charge is -2.22. The molecule has 2 rings (SSSR count). The summed E-state index contributed by atoms with van der Waals surface area (Å²) in [5.74, 6) is 1.92. The summed E-state index contributed by atoms with van der Waals surface area (Å²) in [5, 5.41) is 11.8. The number of thioether (sulfide) groups is 1. The first kappa shape index (κ1) is 12.5. The first-order valence-electron chi connectivity index (χ1n) is 6.03. The van der Waals surface area contributed by atoms with Gasteiger partial charge in [-0.1, -0.05) is 0 Å². The Hall–Kier alpha value is -0.910. The van der Waals surface area contributed by atoms with E-state index in [9.17, 15) is 9.59 Å². The molecule has 2 heterocycles. The number of carbonyl (C=O) groups excluding carboxylic acids is 1. The fourth-order valence-electron chi connectivity index (χ4n) is 2.34. The van der Waals surface area contributed by atoms with Gasteiger partial charge in [0.1, 0.15) is 6.04 Å². The normalized spacial score (nSPS) is 28.4. The van der Waals surface area contributed by atoms with Crippen molar-refractivity contribution in [2.45, 2.75) is 25.3 Å². The molecular weight excluding hydrogens is 240 g/mol. The molecular formula is C11H18N2O3S. The molecule has 5 nitrogen and oxygen atoms in total. The number of carboxylic acid groups (broad SMARTS) is 1. The van der Waals surface area contributed by atoms with Crippen molar-refractivity contribution in [2.24, 2.45) is 5.92 Å². The molecule has 0 spiro atoms. The molecule has 2 aliphatic heterocycles. The summed E-state index contributed by atoms with van der Waals surface area (Å²) < 4.78 is 0. The number of hydrogen-bond acceptors (Lipinski definition) is 3. The van der Waals surface area contributed by atoms with Crippen molar-refractivity contribution in [3.63, 3.8) is 0 Å². The predicted octanol–water partition coefficient (Wildman–Crippen LogP) is 0.998. The monoisotopic (exact) mass is 258 g/mol. The second kappa shape index (κ2) is 5.62. The van der Waals surface area contributed by atoms with E-state index in [-0.39, 0.29) is 6.03 Å². The van der Waals surface area contributed by atoms with Crippen LogP contribution < -0.4 is 5.32 Å².